The second kappa shape index (κ2) is 15.3. The smallest absolute Gasteiger partial charge is 0.237 e. The van der Waals surface area contributed by atoms with Gasteiger partial charge in [-0.25, -0.2) is 0 Å². The van der Waals surface area contributed by atoms with E-state index >= 15 is 0 Å². The van der Waals surface area contributed by atoms with Gasteiger partial charge in [0.25, 0.3) is 0 Å². The van der Waals surface area contributed by atoms with Gasteiger partial charge >= 0.3 is 0 Å². The first-order valence-corrected chi connectivity index (χ1v) is 17.9. The van der Waals surface area contributed by atoms with Crippen molar-refractivity contribution in [3.63, 3.8) is 0 Å². The van der Waals surface area contributed by atoms with Crippen LogP contribution in [-0.2, 0) is 33.8 Å². The molecule has 3 N–H and O–H groups in total. The average Bonchev–Trinajstić information content (AvgIpc) is 3.05. The van der Waals surface area contributed by atoms with Gasteiger partial charge in [0.05, 0.1) is 11.5 Å². The molecule has 8 heteroatoms. The summed E-state index contributed by atoms with van der Waals surface area (Å²) in [6.07, 6.45) is 10.5. The summed E-state index contributed by atoms with van der Waals surface area (Å²) < 4.78 is 0. The first-order valence-electron chi connectivity index (χ1n) is 17.5. The van der Waals surface area contributed by atoms with Crippen molar-refractivity contribution in [2.45, 2.75) is 122 Å². The normalized spacial score (nSPS) is 20.8. The second-order valence-electron chi connectivity index (χ2n) is 14.6. The molecule has 2 fully saturated rings. The molecule has 0 bridgehead atoms. The monoisotopic (exact) mass is 648 g/mol. The number of piperidine rings is 1. The lowest BCUT2D eigenvalue weighted by molar-refractivity contribution is -0.146. The Bertz CT molecular complexity index is 1350. The number of fused-ring (bicyclic) bond motifs is 1. The Morgan fingerprint density at radius 3 is 2.35 bits per heavy atom. The lowest BCUT2D eigenvalue weighted by Gasteiger charge is -2.48. The molecule has 5 rings (SSSR count). The third kappa shape index (κ3) is 8.51. The molecule has 1 saturated heterocycles. The van der Waals surface area contributed by atoms with E-state index in [-0.39, 0.29) is 41.8 Å². The van der Waals surface area contributed by atoms with E-state index in [0.29, 0.717) is 56.3 Å². The zero-order chi connectivity index (χ0) is 32.7. The molecular weight excluding hydrogens is 596 g/mol. The van der Waals surface area contributed by atoms with Gasteiger partial charge in [-0.05, 0) is 93.5 Å². The Morgan fingerprint density at radius 1 is 1.00 bits per heavy atom. The largest absolute Gasteiger partial charge is 0.351 e. The van der Waals surface area contributed by atoms with Crippen molar-refractivity contribution >= 4 is 29.3 Å². The van der Waals surface area contributed by atoms with Crippen molar-refractivity contribution in [2.24, 2.45) is 11.3 Å². The van der Waals surface area contributed by atoms with E-state index in [2.05, 4.69) is 48.9 Å². The molecule has 2 atom stereocenters. The average molecular weight is 649 g/mol. The molecule has 0 aromatic heterocycles. The lowest BCUT2D eigenvalue weighted by Crippen LogP contribution is -2.58. The molecule has 3 amide bonds. The van der Waals surface area contributed by atoms with Gasteiger partial charge in [-0.15, -0.1) is 0 Å². The first kappa shape index (κ1) is 34.4. The Balaban J connectivity index is 1.26. The van der Waals surface area contributed by atoms with E-state index < -0.39 is 5.41 Å². The number of carbonyl (C=O) groups excluding carboxylic acids is 3. The number of carbonyl (C=O) groups is 3. The molecular formula is C38H53ClN4O3. The van der Waals surface area contributed by atoms with E-state index in [1.165, 1.54) is 30.4 Å². The molecule has 7 nitrogen and oxygen atoms in total. The summed E-state index contributed by atoms with van der Waals surface area (Å²) in [4.78, 5) is 43.4. The maximum absolute atomic E-state index is 14.1. The highest BCUT2D eigenvalue weighted by Gasteiger charge is 2.49. The number of hydrogen-bond donors (Lipinski definition) is 3. The lowest BCUT2D eigenvalue weighted by atomic mass is 9.63. The van der Waals surface area contributed by atoms with Crippen LogP contribution in [-0.4, -0.2) is 53.3 Å². The topological polar surface area (TPSA) is 90.5 Å². The van der Waals surface area contributed by atoms with Gasteiger partial charge in [0, 0.05) is 42.7 Å². The SMILES string of the molecule is CCCC(C)(C)NC(=O)C1(C2CCCCC2)CCN(C(=O)CC(Cc2ccc(Cl)cc2)NC(=O)C2Cc3ccccc3CN2)CC1. The second-order valence-corrected chi connectivity index (χ2v) is 15.0. The van der Waals surface area contributed by atoms with Gasteiger partial charge in [0.1, 0.15) is 0 Å². The highest BCUT2D eigenvalue weighted by molar-refractivity contribution is 6.30. The van der Waals surface area contributed by atoms with Crippen LogP contribution >= 0.6 is 11.6 Å². The third-order valence-electron chi connectivity index (χ3n) is 10.7. The van der Waals surface area contributed by atoms with Gasteiger partial charge in [0.15, 0.2) is 0 Å². The van der Waals surface area contributed by atoms with E-state index in [9.17, 15) is 14.4 Å². The van der Waals surface area contributed by atoms with Crippen LogP contribution in [0.4, 0.5) is 0 Å². The third-order valence-corrected chi connectivity index (χ3v) is 11.0. The summed E-state index contributed by atoms with van der Waals surface area (Å²) in [6, 6.07) is 15.1. The van der Waals surface area contributed by atoms with Crippen molar-refractivity contribution in [1.82, 2.24) is 20.9 Å². The van der Waals surface area contributed by atoms with Gasteiger partial charge in [-0.3, -0.25) is 14.4 Å². The predicted molar refractivity (Wildman–Crippen MR) is 184 cm³/mol. The number of rotatable bonds is 11. The van der Waals surface area contributed by atoms with Crippen LogP contribution < -0.4 is 16.0 Å². The van der Waals surface area contributed by atoms with Gasteiger partial charge in [-0.2, -0.15) is 0 Å². The highest BCUT2D eigenvalue weighted by atomic mass is 35.5. The van der Waals surface area contributed by atoms with Crippen LogP contribution in [0.5, 0.6) is 0 Å². The number of amides is 3. The van der Waals surface area contributed by atoms with Crippen molar-refractivity contribution in [3.8, 4) is 0 Å². The summed E-state index contributed by atoms with van der Waals surface area (Å²) in [6.45, 7) is 8.19. The van der Waals surface area contributed by atoms with Crippen molar-refractivity contribution in [2.75, 3.05) is 13.1 Å². The Morgan fingerprint density at radius 2 is 1.67 bits per heavy atom. The van der Waals surface area contributed by atoms with Crippen LogP contribution in [0.25, 0.3) is 0 Å². The van der Waals surface area contributed by atoms with Crippen molar-refractivity contribution in [1.29, 1.82) is 0 Å². The van der Waals surface area contributed by atoms with E-state index in [1.54, 1.807) is 0 Å². The summed E-state index contributed by atoms with van der Waals surface area (Å²) in [5.41, 5.74) is 2.75. The fraction of sp³-hybridized carbons (Fsp3) is 0.605. The minimum absolute atomic E-state index is 0.0326. The molecule has 2 unspecified atom stereocenters. The molecule has 2 aromatic carbocycles. The molecule has 2 heterocycles. The molecule has 2 aliphatic heterocycles. The zero-order valence-electron chi connectivity index (χ0n) is 28.0. The Labute approximate surface area is 280 Å². The number of hydrogen-bond acceptors (Lipinski definition) is 4. The maximum atomic E-state index is 14.1. The summed E-state index contributed by atoms with van der Waals surface area (Å²) in [5.74, 6) is 0.494. The molecule has 1 aliphatic carbocycles. The number of nitrogens with zero attached hydrogens (tertiary/aromatic N) is 1. The fourth-order valence-electron chi connectivity index (χ4n) is 8.11. The minimum atomic E-state index is -0.428. The van der Waals surface area contributed by atoms with Crippen LogP contribution in [0, 0.1) is 11.3 Å². The zero-order valence-corrected chi connectivity index (χ0v) is 28.8. The van der Waals surface area contributed by atoms with Crippen molar-refractivity contribution < 1.29 is 14.4 Å². The molecule has 2 aromatic rings. The van der Waals surface area contributed by atoms with Crippen LogP contribution in [0.1, 0.15) is 102 Å². The molecule has 3 aliphatic rings. The van der Waals surface area contributed by atoms with E-state index in [4.69, 9.17) is 11.6 Å². The highest BCUT2D eigenvalue weighted by Crippen LogP contribution is 2.46. The summed E-state index contributed by atoms with van der Waals surface area (Å²) in [7, 11) is 0. The summed E-state index contributed by atoms with van der Waals surface area (Å²) in [5, 5.41) is 10.7. The van der Waals surface area contributed by atoms with Crippen molar-refractivity contribution in [3.05, 3.63) is 70.2 Å². The minimum Gasteiger partial charge on any atom is -0.351 e. The number of likely N-dealkylation sites (tertiary alicyclic amines) is 1. The Kier molecular flexibility index (Phi) is 11.5. The standard InChI is InChI=1S/C38H53ClN4O3/c1-4-18-37(2,3)42-36(46)38(30-12-6-5-7-13-30)19-21-43(22-20-38)34(44)25-32(23-27-14-16-31(39)17-15-27)41-35(45)33-24-28-10-8-9-11-29(28)26-40-33/h8-11,14-17,30,32-33,40H,4-7,12-13,18-26H2,1-3H3,(H,41,45)(H,42,46). The van der Waals surface area contributed by atoms with Crippen LogP contribution in [0.3, 0.4) is 0 Å². The number of halogens is 1. The Hall–Kier alpha value is -2.90. The number of nitrogens with one attached hydrogen (secondary N) is 3. The van der Waals surface area contributed by atoms with Gasteiger partial charge < -0.3 is 20.9 Å². The van der Waals surface area contributed by atoms with E-state index in [0.717, 1.165) is 31.2 Å². The first-order chi connectivity index (χ1) is 22.1. The molecule has 1 saturated carbocycles. The quantitative estimate of drug-likeness (QED) is 0.265. The van der Waals surface area contributed by atoms with E-state index in [1.807, 2.05) is 41.3 Å². The molecule has 46 heavy (non-hydrogen) atoms. The van der Waals surface area contributed by atoms with Gasteiger partial charge in [0.2, 0.25) is 17.7 Å². The number of benzene rings is 2. The van der Waals surface area contributed by atoms with Gasteiger partial charge in [-0.1, -0.05) is 80.6 Å². The van der Waals surface area contributed by atoms with Crippen LogP contribution in [0.2, 0.25) is 5.02 Å². The summed E-state index contributed by atoms with van der Waals surface area (Å²) >= 11 is 6.15. The molecule has 0 spiro atoms. The molecule has 250 valence electrons. The maximum Gasteiger partial charge on any atom is 0.237 e. The predicted octanol–water partition coefficient (Wildman–Crippen LogP) is 6.36. The molecule has 0 radical (unpaired) electrons. The fourth-order valence-corrected chi connectivity index (χ4v) is 8.24. The van der Waals surface area contributed by atoms with Crippen LogP contribution in [0.15, 0.2) is 48.5 Å².